The Kier molecular flexibility index (Phi) is 3.65. The van der Waals surface area contributed by atoms with Crippen molar-refractivity contribution in [1.82, 2.24) is 4.98 Å². The monoisotopic (exact) mass is 351 g/mol. The van der Waals surface area contributed by atoms with E-state index in [0.29, 0.717) is 0 Å². The third-order valence-corrected chi connectivity index (χ3v) is 5.72. The van der Waals surface area contributed by atoms with Crippen molar-refractivity contribution < 1.29 is 0 Å². The molecule has 0 saturated heterocycles. The second-order valence-corrected chi connectivity index (χ2v) is 7.23. The van der Waals surface area contributed by atoms with E-state index in [1.54, 1.807) is 11.8 Å². The predicted octanol–water partition coefficient (Wildman–Crippen LogP) is 6.88. The van der Waals surface area contributed by atoms with Crippen molar-refractivity contribution in [3.63, 3.8) is 0 Å². The molecule has 0 fully saturated rings. The van der Waals surface area contributed by atoms with Gasteiger partial charge in [0.15, 0.2) is 0 Å². The van der Waals surface area contributed by atoms with Crippen LogP contribution in [0.5, 0.6) is 0 Å². The van der Waals surface area contributed by atoms with Crippen LogP contribution in [0.1, 0.15) is 0 Å². The van der Waals surface area contributed by atoms with Crippen molar-refractivity contribution in [3.05, 3.63) is 84.9 Å². The number of rotatable bonds is 2. The van der Waals surface area contributed by atoms with Crippen molar-refractivity contribution >= 4 is 33.6 Å². The summed E-state index contributed by atoms with van der Waals surface area (Å²) < 4.78 is 0. The Labute approximate surface area is 157 Å². The third kappa shape index (κ3) is 2.30. The smallest absolute Gasteiger partial charge is 0.0715 e. The second-order valence-electron chi connectivity index (χ2n) is 6.39. The highest BCUT2D eigenvalue weighted by atomic mass is 32.2. The molecule has 1 nitrogen and oxygen atoms in total. The molecule has 2 aliphatic rings. The standard InChI is InChI=1S/C24H17NS/c1-26-23-15-20(16-9-3-2-4-10-17(16)23)24-18-11-5-7-13-21(18)25-22-14-8-6-12-19(22)24/h2-15H,1H3. The van der Waals surface area contributed by atoms with Crippen LogP contribution in [0.25, 0.3) is 44.1 Å². The molecule has 0 N–H and O–H groups in total. The van der Waals surface area contributed by atoms with Gasteiger partial charge in [-0.15, -0.1) is 11.8 Å². The molecule has 5 rings (SSSR count). The summed E-state index contributed by atoms with van der Waals surface area (Å²) in [6, 6.07) is 30.0. The minimum absolute atomic E-state index is 1.04. The van der Waals surface area contributed by atoms with Gasteiger partial charge >= 0.3 is 0 Å². The van der Waals surface area contributed by atoms with E-state index in [0.717, 1.165) is 11.0 Å². The molecular formula is C24H17NS. The number of hydrogen-bond acceptors (Lipinski definition) is 2. The summed E-state index contributed by atoms with van der Waals surface area (Å²) in [5.41, 5.74) is 7.25. The van der Waals surface area contributed by atoms with Gasteiger partial charge in [0, 0.05) is 21.2 Å². The second kappa shape index (κ2) is 6.15. The van der Waals surface area contributed by atoms with Gasteiger partial charge in [0.2, 0.25) is 0 Å². The quantitative estimate of drug-likeness (QED) is 0.254. The highest BCUT2D eigenvalue weighted by Crippen LogP contribution is 2.46. The molecule has 0 saturated carbocycles. The molecule has 0 bridgehead atoms. The van der Waals surface area contributed by atoms with Gasteiger partial charge in [0.25, 0.3) is 0 Å². The molecular weight excluding hydrogens is 334 g/mol. The van der Waals surface area contributed by atoms with Crippen LogP contribution in [-0.2, 0) is 0 Å². The first kappa shape index (κ1) is 15.4. The van der Waals surface area contributed by atoms with Crippen LogP contribution in [0.15, 0.2) is 89.8 Å². The molecule has 0 atom stereocenters. The number of hydrogen-bond donors (Lipinski definition) is 0. The number of benzene rings is 2. The van der Waals surface area contributed by atoms with E-state index in [9.17, 15) is 0 Å². The minimum Gasteiger partial charge on any atom is -0.248 e. The molecule has 124 valence electrons. The van der Waals surface area contributed by atoms with Crippen LogP contribution >= 0.6 is 11.8 Å². The van der Waals surface area contributed by atoms with Gasteiger partial charge in [-0.05, 0) is 41.1 Å². The average Bonchev–Trinajstić information content (AvgIpc) is 2.86. The zero-order valence-electron chi connectivity index (χ0n) is 14.4. The SMILES string of the molecule is CSc1cc(-c2c3ccccc3nc3ccccc23)c2cccccc1-2. The van der Waals surface area contributed by atoms with Crippen molar-refractivity contribution in [3.8, 4) is 22.3 Å². The fraction of sp³-hybridized carbons (Fsp3) is 0.0417. The number of fused-ring (bicyclic) bond motifs is 3. The molecule has 1 heterocycles. The number of nitrogens with zero attached hydrogens (tertiary/aromatic N) is 1. The first-order valence-electron chi connectivity index (χ1n) is 8.70. The maximum atomic E-state index is 4.88. The van der Waals surface area contributed by atoms with Gasteiger partial charge in [0.05, 0.1) is 11.0 Å². The Morgan fingerprint density at radius 3 is 1.85 bits per heavy atom. The minimum atomic E-state index is 1.04. The van der Waals surface area contributed by atoms with Crippen molar-refractivity contribution in [1.29, 1.82) is 0 Å². The Hall–Kier alpha value is -2.84. The van der Waals surface area contributed by atoms with Gasteiger partial charge in [-0.3, -0.25) is 0 Å². The molecule has 0 amide bonds. The van der Waals surface area contributed by atoms with E-state index in [1.165, 1.54) is 37.9 Å². The average molecular weight is 351 g/mol. The van der Waals surface area contributed by atoms with E-state index in [-0.39, 0.29) is 0 Å². The summed E-state index contributed by atoms with van der Waals surface area (Å²) in [6.07, 6.45) is 2.15. The van der Waals surface area contributed by atoms with Crippen LogP contribution in [0.4, 0.5) is 0 Å². The lowest BCUT2D eigenvalue weighted by Crippen LogP contribution is -1.88. The summed E-state index contributed by atoms with van der Waals surface area (Å²) in [7, 11) is 0. The van der Waals surface area contributed by atoms with Gasteiger partial charge in [-0.1, -0.05) is 66.7 Å². The molecule has 0 spiro atoms. The molecule has 26 heavy (non-hydrogen) atoms. The number of para-hydroxylation sites is 2. The zero-order chi connectivity index (χ0) is 17.5. The molecule has 2 heteroatoms. The van der Waals surface area contributed by atoms with Gasteiger partial charge in [0.1, 0.15) is 0 Å². The largest absolute Gasteiger partial charge is 0.248 e. The molecule has 0 radical (unpaired) electrons. The van der Waals surface area contributed by atoms with Crippen LogP contribution in [0.2, 0.25) is 0 Å². The summed E-state index contributed by atoms with van der Waals surface area (Å²) >= 11 is 1.80. The summed E-state index contributed by atoms with van der Waals surface area (Å²) in [6.45, 7) is 0. The van der Waals surface area contributed by atoms with Gasteiger partial charge in [-0.25, -0.2) is 4.98 Å². The Bertz CT molecular complexity index is 1170. The van der Waals surface area contributed by atoms with E-state index in [1.807, 2.05) is 0 Å². The number of aromatic nitrogens is 1. The first-order chi connectivity index (χ1) is 12.9. The third-order valence-electron chi connectivity index (χ3n) is 4.95. The molecule has 3 aromatic rings. The number of pyridine rings is 1. The molecule has 2 aromatic carbocycles. The Morgan fingerprint density at radius 1 is 0.615 bits per heavy atom. The summed E-state index contributed by atoms with van der Waals surface area (Å²) in [5, 5.41) is 2.41. The summed E-state index contributed by atoms with van der Waals surface area (Å²) in [5.74, 6) is 0. The topological polar surface area (TPSA) is 12.9 Å². The van der Waals surface area contributed by atoms with Crippen molar-refractivity contribution in [2.24, 2.45) is 0 Å². The van der Waals surface area contributed by atoms with Gasteiger partial charge in [-0.2, -0.15) is 0 Å². The fourth-order valence-corrected chi connectivity index (χ4v) is 4.42. The van der Waals surface area contributed by atoms with Gasteiger partial charge < -0.3 is 0 Å². The van der Waals surface area contributed by atoms with E-state index < -0.39 is 0 Å². The predicted molar refractivity (Wildman–Crippen MR) is 113 cm³/mol. The lowest BCUT2D eigenvalue weighted by molar-refractivity contribution is 1.50. The van der Waals surface area contributed by atoms with Crippen LogP contribution in [0.3, 0.4) is 0 Å². The summed E-state index contributed by atoms with van der Waals surface area (Å²) in [4.78, 5) is 6.19. The van der Waals surface area contributed by atoms with Crippen LogP contribution in [-0.4, -0.2) is 11.2 Å². The maximum absolute atomic E-state index is 4.88. The van der Waals surface area contributed by atoms with E-state index in [4.69, 9.17) is 4.98 Å². The lowest BCUT2D eigenvalue weighted by Gasteiger charge is -2.11. The Balaban J connectivity index is 1.98. The normalized spacial score (nSPS) is 11.4. The maximum Gasteiger partial charge on any atom is 0.0715 e. The highest BCUT2D eigenvalue weighted by molar-refractivity contribution is 7.98. The zero-order valence-corrected chi connectivity index (χ0v) is 15.3. The van der Waals surface area contributed by atoms with Crippen molar-refractivity contribution in [2.45, 2.75) is 4.90 Å². The van der Waals surface area contributed by atoms with Crippen LogP contribution in [0, 0.1) is 0 Å². The van der Waals surface area contributed by atoms with E-state index >= 15 is 0 Å². The molecule has 0 aliphatic heterocycles. The fourth-order valence-electron chi connectivity index (χ4n) is 3.79. The first-order valence-corrected chi connectivity index (χ1v) is 9.93. The number of thioether (sulfide) groups is 1. The molecule has 0 unspecified atom stereocenters. The van der Waals surface area contributed by atoms with E-state index in [2.05, 4.69) is 91.2 Å². The Morgan fingerprint density at radius 2 is 1.19 bits per heavy atom. The molecule has 2 aliphatic carbocycles. The molecule has 1 aromatic heterocycles. The van der Waals surface area contributed by atoms with Crippen molar-refractivity contribution in [2.75, 3.05) is 6.26 Å². The van der Waals surface area contributed by atoms with Crippen LogP contribution < -0.4 is 0 Å². The highest BCUT2D eigenvalue weighted by Gasteiger charge is 2.19. The lowest BCUT2D eigenvalue weighted by atomic mass is 9.95.